The Morgan fingerprint density at radius 1 is 1.04 bits per heavy atom. The number of allylic oxidation sites excluding steroid dienone is 1. The first kappa shape index (κ1) is 41.8. The first-order valence-corrected chi connectivity index (χ1v) is 17.0. The van der Waals surface area contributed by atoms with Crippen molar-refractivity contribution in [2.75, 3.05) is 43.9 Å². The second-order valence-electron chi connectivity index (χ2n) is 12.0. The normalized spacial score (nSPS) is 16.4. The number of anilines is 1. The van der Waals surface area contributed by atoms with E-state index in [0.29, 0.717) is 35.3 Å². The number of hydrogen-bond donors (Lipinski definition) is 2. The van der Waals surface area contributed by atoms with Gasteiger partial charge in [-0.05, 0) is 47.9 Å². The van der Waals surface area contributed by atoms with Crippen LogP contribution in [0.4, 0.5) is 5.69 Å². The Labute approximate surface area is 362 Å². The van der Waals surface area contributed by atoms with Gasteiger partial charge in [0, 0.05) is 147 Å². The minimum Gasteiger partial charge on any atom is -0.452 e. The number of pyridine rings is 2. The number of aromatic nitrogens is 3. The molecule has 4 heterocycles. The minimum atomic E-state index is -3.76. The summed E-state index contributed by atoms with van der Waals surface area (Å²) >= 11 is 6.17. The molecule has 0 spiro atoms. The van der Waals surface area contributed by atoms with Crippen LogP contribution < -0.4 is 14.4 Å². The zero-order chi connectivity index (χ0) is 31.8. The first-order valence-electron chi connectivity index (χ1n) is 14.7. The number of nitrogens with zero attached hydrogens (tertiary/aromatic N) is 4. The first-order chi connectivity index (χ1) is 21.4. The Morgan fingerprint density at radius 3 is 2.44 bits per heavy atom. The molecule has 245 valence electrons. The van der Waals surface area contributed by atoms with Gasteiger partial charge in [0.05, 0.1) is 24.3 Å². The van der Waals surface area contributed by atoms with Crippen LogP contribution in [0.25, 0.3) is 16.6 Å². The van der Waals surface area contributed by atoms with Crippen LogP contribution in [0.15, 0.2) is 66.6 Å². The fraction of sp³-hybridized carbons (Fsp3) is 0.303. The zero-order valence-electron chi connectivity index (χ0n) is 26.8. The average molecular weight is 914 g/mol. The number of piperazine rings is 1. The van der Waals surface area contributed by atoms with E-state index < -0.39 is 15.9 Å². The molecule has 15 heteroatoms. The third kappa shape index (κ3) is 10.7. The van der Waals surface area contributed by atoms with Crippen LogP contribution in [-0.2, 0) is 108 Å². The second-order valence-corrected chi connectivity index (χ2v) is 14.1. The summed E-state index contributed by atoms with van der Waals surface area (Å²) < 4.78 is 31.7. The summed E-state index contributed by atoms with van der Waals surface area (Å²) in [7, 11) is -3.76. The molecular weight excluding hydrogens is 879 g/mol. The van der Waals surface area contributed by atoms with Gasteiger partial charge >= 0.3 is 0 Å². The van der Waals surface area contributed by atoms with Crippen molar-refractivity contribution in [3.05, 3.63) is 96.8 Å². The molecule has 0 saturated carbocycles. The van der Waals surface area contributed by atoms with E-state index in [1.165, 1.54) is 17.3 Å². The van der Waals surface area contributed by atoms with E-state index >= 15 is 0 Å². The van der Waals surface area contributed by atoms with Crippen LogP contribution in [0, 0.1) is 19.3 Å². The van der Waals surface area contributed by atoms with E-state index in [1.54, 1.807) is 18.5 Å². The largest absolute Gasteiger partial charge is 0.452 e. The van der Waals surface area contributed by atoms with E-state index in [1.807, 2.05) is 29.0 Å². The smallest absolute Gasteiger partial charge is 0.283 e. The minimum absolute atomic E-state index is 0. The summed E-state index contributed by atoms with van der Waals surface area (Å²) in [5.74, 6) is 0.159. The number of sulfonamides is 1. The third-order valence-corrected chi connectivity index (χ3v) is 9.02. The number of benzene rings is 1. The van der Waals surface area contributed by atoms with Crippen molar-refractivity contribution in [3.8, 4) is 11.5 Å². The predicted molar refractivity (Wildman–Crippen MR) is 177 cm³/mol. The van der Waals surface area contributed by atoms with Crippen LogP contribution in [0.2, 0.25) is 5.02 Å². The average Bonchev–Trinajstić information content (AvgIpc) is 3.46. The maximum absolute atomic E-state index is 12.7. The number of rotatable bonds is 8. The number of H-pyrrole nitrogens is 1. The number of carbonyl (C=O) groups is 1. The van der Waals surface area contributed by atoms with E-state index in [0.717, 1.165) is 61.7 Å². The predicted octanol–water partition coefficient (Wildman–Crippen LogP) is 5.50. The molecule has 4 aromatic rings. The van der Waals surface area contributed by atoms with Gasteiger partial charge in [0.15, 0.2) is 5.75 Å². The summed E-state index contributed by atoms with van der Waals surface area (Å²) in [4.78, 5) is 29.0. The molecule has 1 saturated heterocycles. The summed E-state index contributed by atoms with van der Waals surface area (Å²) in [5.41, 5.74) is 4.98. The van der Waals surface area contributed by atoms with Crippen LogP contribution in [0.1, 0.15) is 35.3 Å². The van der Waals surface area contributed by atoms with Crippen LogP contribution in [-0.4, -0.2) is 73.2 Å². The van der Waals surface area contributed by atoms with E-state index in [9.17, 15) is 13.2 Å². The Hall–Kier alpha value is -0.618. The number of aromatic amines is 1. The van der Waals surface area contributed by atoms with E-state index in [2.05, 4.69) is 50.7 Å². The molecule has 3 radical (unpaired) electrons. The van der Waals surface area contributed by atoms with Crippen molar-refractivity contribution in [1.82, 2.24) is 24.6 Å². The summed E-state index contributed by atoms with van der Waals surface area (Å²) in [6.07, 6.45) is 8.48. The fourth-order valence-corrected chi connectivity index (χ4v) is 6.48. The van der Waals surface area contributed by atoms with Gasteiger partial charge in [-0.25, -0.2) is 23.1 Å². The fourth-order valence-electron chi connectivity index (χ4n) is 5.91. The number of carbonyl (C=O) groups excluding carboxylic acids is 1. The molecule has 0 atom stereocenters. The van der Waals surface area contributed by atoms with Crippen LogP contribution >= 0.6 is 11.6 Å². The van der Waals surface area contributed by atoms with Crippen molar-refractivity contribution in [2.45, 2.75) is 19.3 Å². The molecule has 1 aliphatic carbocycles. The molecule has 1 aromatic carbocycles. The van der Waals surface area contributed by atoms with Crippen molar-refractivity contribution >= 4 is 49.8 Å². The van der Waals surface area contributed by atoms with Gasteiger partial charge in [0.1, 0.15) is 17.1 Å². The van der Waals surface area contributed by atoms with Gasteiger partial charge < -0.3 is 28.5 Å². The maximum atomic E-state index is 12.7. The zero-order valence-corrected chi connectivity index (χ0v) is 36.9. The molecule has 0 bridgehead atoms. The summed E-state index contributed by atoms with van der Waals surface area (Å²) in [6.45, 7) is 12.5. The maximum Gasteiger partial charge on any atom is 0.283 e. The van der Waals surface area contributed by atoms with Crippen LogP contribution in [0.3, 0.4) is 0 Å². The van der Waals surface area contributed by atoms with Crippen molar-refractivity contribution in [3.63, 3.8) is 0 Å². The van der Waals surface area contributed by atoms with Gasteiger partial charge in [-0.1, -0.05) is 42.1 Å². The molecule has 3 aromatic heterocycles. The Balaban J connectivity index is 0.00000208. The van der Waals surface area contributed by atoms with Gasteiger partial charge in [-0.2, -0.15) is 0 Å². The SMILES string of the molecule is [CH2-]C1([CH2-])CCC(CN2CCN(c3cc(C(=O)NS(C)(=O)=O)ncc3Oc3cnc4[nH]ccc4c3)CC2)=C(c2ccc(Cl)cc2)C1.[Y].[Y].[Y]. The number of hydrogen-bond acceptors (Lipinski definition) is 8. The topological polar surface area (TPSA) is 121 Å². The summed E-state index contributed by atoms with van der Waals surface area (Å²) in [6, 6.07) is 13.3. The van der Waals surface area contributed by atoms with E-state index in [4.69, 9.17) is 16.3 Å². The Morgan fingerprint density at radius 2 is 1.75 bits per heavy atom. The monoisotopic (exact) mass is 913 g/mol. The third-order valence-electron chi connectivity index (χ3n) is 8.22. The number of fused-ring (bicyclic) bond motifs is 1. The molecule has 10 nitrogen and oxygen atoms in total. The second kappa shape index (κ2) is 17.7. The van der Waals surface area contributed by atoms with Gasteiger partial charge in [0.2, 0.25) is 10.0 Å². The molecular formula is C33H35ClN6O4SY3-2. The molecule has 0 unspecified atom stereocenters. The molecule has 2 N–H and O–H groups in total. The standard InChI is InChI=1S/C33H35ClN6O4S.3Y/c1-33(2)10-8-24(27(18-33)22-4-6-25(34)7-5-22)21-39-12-14-40(15-13-39)29-17-28(32(41)38-45(3,42)43)36-20-30(29)44-26-16-23-9-11-35-31(23)37-19-26;;;/h4-7,9,11,16-17,19-20H,1-2,8,10,12-15,18,21H2,3H3,(H,35,37)(H,38,41);;;/q-2;;;. The van der Waals surface area contributed by atoms with Gasteiger partial charge in [-0.3, -0.25) is 15.1 Å². The van der Waals surface area contributed by atoms with Crippen molar-refractivity contribution in [2.24, 2.45) is 5.41 Å². The Kier molecular flexibility index (Phi) is 15.4. The van der Waals surface area contributed by atoms with Gasteiger partial charge in [-0.15, -0.1) is 0 Å². The Bertz CT molecular complexity index is 1880. The van der Waals surface area contributed by atoms with Crippen LogP contribution in [0.5, 0.6) is 11.5 Å². The molecule has 2 aliphatic rings. The number of nitrogens with one attached hydrogen (secondary N) is 2. The van der Waals surface area contributed by atoms with E-state index in [-0.39, 0.29) is 109 Å². The number of halogens is 1. The number of ether oxygens (including phenoxy) is 1. The molecule has 6 rings (SSSR count). The molecule has 48 heavy (non-hydrogen) atoms. The summed E-state index contributed by atoms with van der Waals surface area (Å²) in [5, 5.41) is 1.60. The van der Waals surface area contributed by atoms with Gasteiger partial charge in [0.25, 0.3) is 5.91 Å². The molecule has 1 amide bonds. The molecule has 1 aliphatic heterocycles. The number of amides is 1. The quantitative estimate of drug-likeness (QED) is 0.223. The van der Waals surface area contributed by atoms with Crippen molar-refractivity contribution in [1.29, 1.82) is 0 Å². The van der Waals surface area contributed by atoms with Crippen molar-refractivity contribution < 1.29 is 116 Å². The molecule has 1 fully saturated rings.